The summed E-state index contributed by atoms with van der Waals surface area (Å²) in [6.07, 6.45) is 0.895. The monoisotopic (exact) mass is 452 g/mol. The van der Waals surface area contributed by atoms with Crippen LogP contribution in [0, 0.1) is 0 Å². The average Bonchev–Trinajstić information content (AvgIpc) is 3.13. The molecule has 4 rings (SSSR count). The number of aryl methyl sites for hydroxylation is 1. The number of nitrogens with two attached hydrogens (primary N) is 1. The second-order valence-electron chi connectivity index (χ2n) is 6.70. The SMILES string of the molecule is CCc1ccccc1Nc1nc(N)nc(CSc2nnc(-c3ccccc3Cl)n2C)n1. The molecule has 0 atom stereocenters. The Labute approximate surface area is 189 Å². The lowest BCUT2D eigenvalue weighted by atomic mass is 10.1. The van der Waals surface area contributed by atoms with Gasteiger partial charge in [0.1, 0.15) is 5.82 Å². The molecule has 0 aliphatic heterocycles. The maximum absolute atomic E-state index is 6.30. The molecule has 0 amide bonds. The van der Waals surface area contributed by atoms with E-state index in [2.05, 4.69) is 43.5 Å². The highest BCUT2D eigenvalue weighted by Crippen LogP contribution is 2.29. The van der Waals surface area contributed by atoms with Crippen molar-refractivity contribution in [2.75, 3.05) is 11.1 Å². The molecule has 4 aromatic rings. The molecule has 158 valence electrons. The zero-order valence-corrected chi connectivity index (χ0v) is 18.7. The molecule has 0 radical (unpaired) electrons. The first-order chi connectivity index (χ1) is 15.0. The van der Waals surface area contributed by atoms with Crippen molar-refractivity contribution >= 4 is 40.9 Å². The van der Waals surface area contributed by atoms with Gasteiger partial charge in [-0.05, 0) is 30.2 Å². The Balaban J connectivity index is 1.51. The highest BCUT2D eigenvalue weighted by molar-refractivity contribution is 7.98. The van der Waals surface area contributed by atoms with E-state index < -0.39 is 0 Å². The third-order valence-corrected chi connectivity index (χ3v) is 5.97. The lowest BCUT2D eigenvalue weighted by Crippen LogP contribution is -2.07. The van der Waals surface area contributed by atoms with Crippen LogP contribution >= 0.6 is 23.4 Å². The van der Waals surface area contributed by atoms with Crippen molar-refractivity contribution in [2.45, 2.75) is 24.3 Å². The van der Waals surface area contributed by atoms with Crippen molar-refractivity contribution in [3.05, 3.63) is 64.9 Å². The zero-order valence-electron chi connectivity index (χ0n) is 17.1. The van der Waals surface area contributed by atoms with Crippen LogP contribution in [0.15, 0.2) is 53.7 Å². The second-order valence-corrected chi connectivity index (χ2v) is 8.05. The smallest absolute Gasteiger partial charge is 0.232 e. The van der Waals surface area contributed by atoms with Crippen LogP contribution in [0.25, 0.3) is 11.4 Å². The van der Waals surface area contributed by atoms with E-state index in [1.54, 1.807) is 0 Å². The molecule has 2 heterocycles. The van der Waals surface area contributed by atoms with E-state index >= 15 is 0 Å². The number of rotatable bonds is 7. The van der Waals surface area contributed by atoms with Crippen LogP contribution < -0.4 is 11.1 Å². The van der Waals surface area contributed by atoms with Gasteiger partial charge < -0.3 is 15.6 Å². The van der Waals surface area contributed by atoms with Gasteiger partial charge in [-0.3, -0.25) is 0 Å². The van der Waals surface area contributed by atoms with Crippen molar-refractivity contribution in [3.63, 3.8) is 0 Å². The summed E-state index contributed by atoms with van der Waals surface area (Å²) >= 11 is 7.76. The van der Waals surface area contributed by atoms with E-state index in [9.17, 15) is 0 Å². The Morgan fingerprint density at radius 3 is 2.61 bits per heavy atom. The number of thioether (sulfide) groups is 1. The largest absolute Gasteiger partial charge is 0.368 e. The fourth-order valence-electron chi connectivity index (χ4n) is 3.08. The summed E-state index contributed by atoms with van der Waals surface area (Å²) in [7, 11) is 1.90. The number of benzene rings is 2. The Morgan fingerprint density at radius 1 is 1.03 bits per heavy atom. The molecule has 3 N–H and O–H groups in total. The van der Waals surface area contributed by atoms with Gasteiger partial charge in [0.2, 0.25) is 11.9 Å². The van der Waals surface area contributed by atoms with Crippen molar-refractivity contribution in [2.24, 2.45) is 7.05 Å². The minimum atomic E-state index is 0.164. The molecule has 31 heavy (non-hydrogen) atoms. The topological polar surface area (TPSA) is 107 Å². The van der Waals surface area contributed by atoms with Crippen LogP contribution in [-0.2, 0) is 19.2 Å². The number of para-hydroxylation sites is 1. The van der Waals surface area contributed by atoms with Crippen LogP contribution in [-0.4, -0.2) is 29.7 Å². The molecule has 0 unspecified atom stereocenters. The van der Waals surface area contributed by atoms with E-state index in [4.69, 9.17) is 17.3 Å². The van der Waals surface area contributed by atoms with Crippen molar-refractivity contribution in [1.29, 1.82) is 0 Å². The number of nitrogens with zero attached hydrogens (tertiary/aromatic N) is 6. The molecule has 2 aromatic carbocycles. The van der Waals surface area contributed by atoms with Crippen LogP contribution in [0.5, 0.6) is 0 Å². The Hall–Kier alpha value is -3.17. The van der Waals surface area contributed by atoms with Crippen LogP contribution in [0.4, 0.5) is 17.6 Å². The van der Waals surface area contributed by atoms with Crippen molar-refractivity contribution in [3.8, 4) is 11.4 Å². The molecular formula is C21H21ClN8S. The number of hydrogen-bond acceptors (Lipinski definition) is 8. The summed E-state index contributed by atoms with van der Waals surface area (Å²) in [6, 6.07) is 15.6. The van der Waals surface area contributed by atoms with Gasteiger partial charge in [-0.1, -0.05) is 60.6 Å². The van der Waals surface area contributed by atoms with Gasteiger partial charge in [-0.25, -0.2) is 0 Å². The molecule has 2 aromatic heterocycles. The number of hydrogen-bond donors (Lipinski definition) is 2. The lowest BCUT2D eigenvalue weighted by Gasteiger charge is -2.10. The summed E-state index contributed by atoms with van der Waals surface area (Å²) in [6.45, 7) is 2.10. The van der Waals surface area contributed by atoms with Crippen molar-refractivity contribution in [1.82, 2.24) is 29.7 Å². The van der Waals surface area contributed by atoms with Crippen LogP contribution in [0.1, 0.15) is 18.3 Å². The molecule has 0 fully saturated rings. The number of aromatic nitrogens is 6. The molecule has 0 spiro atoms. The molecule has 10 heteroatoms. The van der Waals surface area contributed by atoms with E-state index in [1.807, 2.05) is 54.1 Å². The summed E-state index contributed by atoms with van der Waals surface area (Å²) in [5.74, 6) is 2.29. The minimum absolute atomic E-state index is 0.164. The normalized spacial score (nSPS) is 10.9. The van der Waals surface area contributed by atoms with Crippen LogP contribution in [0.3, 0.4) is 0 Å². The Kier molecular flexibility index (Phi) is 6.34. The molecular weight excluding hydrogens is 432 g/mol. The highest BCUT2D eigenvalue weighted by Gasteiger charge is 2.15. The summed E-state index contributed by atoms with van der Waals surface area (Å²) in [4.78, 5) is 13.0. The lowest BCUT2D eigenvalue weighted by molar-refractivity contribution is 0.792. The minimum Gasteiger partial charge on any atom is -0.368 e. The molecule has 0 aliphatic carbocycles. The maximum atomic E-state index is 6.30. The first kappa shape index (κ1) is 21.1. The number of nitrogens with one attached hydrogen (secondary N) is 1. The molecule has 0 bridgehead atoms. The fourth-order valence-corrected chi connectivity index (χ4v) is 4.06. The first-order valence-corrected chi connectivity index (χ1v) is 11.0. The van der Waals surface area contributed by atoms with E-state index in [0.717, 1.165) is 22.8 Å². The summed E-state index contributed by atoms with van der Waals surface area (Å²) < 4.78 is 1.90. The van der Waals surface area contributed by atoms with Crippen molar-refractivity contribution < 1.29 is 0 Å². The first-order valence-electron chi connectivity index (χ1n) is 9.67. The Bertz CT molecular complexity index is 1210. The molecule has 0 aliphatic rings. The van der Waals surface area contributed by atoms with Gasteiger partial charge >= 0.3 is 0 Å². The summed E-state index contributed by atoms with van der Waals surface area (Å²) in [5, 5.41) is 13.2. The predicted molar refractivity (Wildman–Crippen MR) is 124 cm³/mol. The third-order valence-electron chi connectivity index (χ3n) is 4.62. The third kappa shape index (κ3) is 4.78. The molecule has 8 nitrogen and oxygen atoms in total. The second kappa shape index (κ2) is 9.32. The van der Waals surface area contributed by atoms with Crippen LogP contribution in [0.2, 0.25) is 5.02 Å². The van der Waals surface area contributed by atoms with Gasteiger partial charge in [-0.2, -0.15) is 15.0 Å². The number of anilines is 3. The molecule has 0 saturated heterocycles. The van der Waals surface area contributed by atoms with Gasteiger partial charge in [0.15, 0.2) is 11.0 Å². The summed E-state index contributed by atoms with van der Waals surface area (Å²) in [5.41, 5.74) is 8.87. The quantitative estimate of drug-likeness (QED) is 0.394. The van der Waals surface area contributed by atoms with Gasteiger partial charge in [-0.15, -0.1) is 10.2 Å². The van der Waals surface area contributed by atoms with E-state index in [1.165, 1.54) is 17.3 Å². The standard InChI is InChI=1S/C21H21ClN8S/c1-3-13-8-4-7-11-16(13)24-20-26-17(25-19(23)27-20)12-31-21-29-28-18(30(21)2)14-9-5-6-10-15(14)22/h4-11H,3,12H2,1-2H3,(H3,23,24,25,26,27). The Morgan fingerprint density at radius 2 is 1.81 bits per heavy atom. The number of halogens is 1. The highest BCUT2D eigenvalue weighted by atomic mass is 35.5. The molecule has 0 saturated carbocycles. The van der Waals surface area contributed by atoms with E-state index in [0.29, 0.717) is 28.4 Å². The zero-order chi connectivity index (χ0) is 21.8. The van der Waals surface area contributed by atoms with Gasteiger partial charge in [0, 0.05) is 18.3 Å². The van der Waals surface area contributed by atoms with Gasteiger partial charge in [0.05, 0.1) is 10.8 Å². The predicted octanol–water partition coefficient (Wildman–Crippen LogP) is 4.50. The fraction of sp³-hybridized carbons (Fsp3) is 0.190. The average molecular weight is 453 g/mol. The van der Waals surface area contributed by atoms with Gasteiger partial charge in [0.25, 0.3) is 0 Å². The number of nitrogen functional groups attached to an aromatic ring is 1. The maximum Gasteiger partial charge on any atom is 0.232 e. The van der Waals surface area contributed by atoms with E-state index in [-0.39, 0.29) is 5.95 Å².